The van der Waals surface area contributed by atoms with Crippen LogP contribution in [-0.2, 0) is 6.42 Å². The fourth-order valence-corrected chi connectivity index (χ4v) is 5.63. The molecule has 1 aliphatic carbocycles. The summed E-state index contributed by atoms with van der Waals surface area (Å²) in [4.78, 5) is 7.77. The van der Waals surface area contributed by atoms with Crippen LogP contribution >= 0.6 is 0 Å². The Morgan fingerprint density at radius 1 is 1.03 bits per heavy atom. The van der Waals surface area contributed by atoms with Gasteiger partial charge >= 0.3 is 0 Å². The van der Waals surface area contributed by atoms with Crippen molar-refractivity contribution in [1.82, 2.24) is 19.8 Å². The molecule has 1 saturated heterocycles. The van der Waals surface area contributed by atoms with Crippen molar-refractivity contribution in [3.63, 3.8) is 0 Å². The summed E-state index contributed by atoms with van der Waals surface area (Å²) >= 11 is 0. The van der Waals surface area contributed by atoms with Crippen LogP contribution in [0.3, 0.4) is 0 Å². The van der Waals surface area contributed by atoms with Gasteiger partial charge in [0, 0.05) is 38.6 Å². The average Bonchev–Trinajstić information content (AvgIpc) is 3.17. The normalized spacial score (nSPS) is 23.0. The van der Waals surface area contributed by atoms with Gasteiger partial charge in [0.15, 0.2) is 0 Å². The van der Waals surface area contributed by atoms with Gasteiger partial charge in [0.25, 0.3) is 0 Å². The molecule has 2 atom stereocenters. The number of imidazole rings is 1. The summed E-state index contributed by atoms with van der Waals surface area (Å²) in [5, 5.41) is 3.55. The van der Waals surface area contributed by atoms with E-state index in [-0.39, 0.29) is 0 Å². The minimum absolute atomic E-state index is 0.602. The van der Waals surface area contributed by atoms with E-state index >= 15 is 0 Å². The number of hydrogen-bond acceptors (Lipinski definition) is 3. The molecule has 2 unspecified atom stereocenters. The van der Waals surface area contributed by atoms with E-state index in [1.807, 2.05) is 13.8 Å². The van der Waals surface area contributed by atoms with Crippen LogP contribution in [0.1, 0.15) is 84.5 Å². The third kappa shape index (κ3) is 6.55. The van der Waals surface area contributed by atoms with Crippen LogP contribution in [0.5, 0.6) is 0 Å². The van der Waals surface area contributed by atoms with Crippen LogP contribution in [0.2, 0.25) is 0 Å². The Morgan fingerprint density at radius 3 is 2.55 bits per heavy atom. The molecule has 0 bridgehead atoms. The third-order valence-electron chi connectivity index (χ3n) is 7.10. The van der Waals surface area contributed by atoms with E-state index in [1.54, 1.807) is 0 Å². The molecule has 174 valence electrons. The van der Waals surface area contributed by atoms with Crippen LogP contribution in [0.4, 0.5) is 0 Å². The van der Waals surface area contributed by atoms with E-state index in [0.717, 1.165) is 36.9 Å². The van der Waals surface area contributed by atoms with E-state index in [2.05, 4.69) is 52.9 Å². The number of nitrogens with one attached hydrogen (secondary N) is 1. The number of benzene rings is 1. The molecule has 2 aliphatic rings. The molecule has 2 aromatic rings. The number of likely N-dealkylation sites (tertiary alicyclic amines) is 1. The Hall–Kier alpha value is -1.39. The number of aromatic nitrogens is 2. The average molecular weight is 427 g/mol. The molecule has 0 radical (unpaired) electrons. The van der Waals surface area contributed by atoms with Crippen LogP contribution in [0.25, 0.3) is 11.0 Å². The molecular formula is C27H46N4. The Morgan fingerprint density at radius 2 is 1.81 bits per heavy atom. The highest BCUT2D eigenvalue weighted by Crippen LogP contribution is 2.32. The van der Waals surface area contributed by atoms with E-state index in [1.165, 1.54) is 75.9 Å². The summed E-state index contributed by atoms with van der Waals surface area (Å²) in [6.07, 6.45) is 10.5. The maximum Gasteiger partial charge on any atom is 0.111 e. The monoisotopic (exact) mass is 426 g/mol. The van der Waals surface area contributed by atoms with Gasteiger partial charge in [0.1, 0.15) is 5.82 Å². The molecule has 1 aliphatic heterocycles. The minimum atomic E-state index is 0.602. The fraction of sp³-hybridized carbons (Fsp3) is 0.741. The first kappa shape index (κ1) is 24.3. The van der Waals surface area contributed by atoms with Crippen molar-refractivity contribution in [2.45, 2.75) is 85.1 Å². The summed E-state index contributed by atoms with van der Waals surface area (Å²) < 4.78 is 2.59. The molecule has 1 aromatic heterocycles. The number of fused-ring (bicyclic) bond motifs is 1. The molecule has 2 fully saturated rings. The number of para-hydroxylation sites is 2. The van der Waals surface area contributed by atoms with E-state index in [4.69, 9.17) is 4.98 Å². The standard InChI is InChI=1S/C25H40N4.C2H6/c1-3-14-26-15-11-25-27-23-9-4-5-10-24(23)29(25)22-12-16-28(17-13-22)19-21-8-6-7-20(2)18-21;1-2/h4-5,9-10,20-22,26H,3,6-8,11-19H2,1-2H3;1-2H3. The lowest BCUT2D eigenvalue weighted by molar-refractivity contribution is 0.137. The van der Waals surface area contributed by atoms with Crippen LogP contribution in [0.15, 0.2) is 24.3 Å². The Labute approximate surface area is 190 Å². The van der Waals surface area contributed by atoms with Gasteiger partial charge in [-0.15, -0.1) is 0 Å². The van der Waals surface area contributed by atoms with Crippen molar-refractivity contribution in [3.8, 4) is 0 Å². The van der Waals surface area contributed by atoms with Gasteiger partial charge in [-0.2, -0.15) is 0 Å². The molecular weight excluding hydrogens is 380 g/mol. The third-order valence-corrected chi connectivity index (χ3v) is 7.10. The van der Waals surface area contributed by atoms with Crippen molar-refractivity contribution in [3.05, 3.63) is 30.1 Å². The van der Waals surface area contributed by atoms with Gasteiger partial charge in [-0.3, -0.25) is 0 Å². The van der Waals surface area contributed by atoms with Gasteiger partial charge in [0.05, 0.1) is 11.0 Å². The zero-order valence-corrected chi connectivity index (χ0v) is 20.6. The molecule has 4 nitrogen and oxygen atoms in total. The Kier molecular flexibility index (Phi) is 9.86. The predicted octanol–water partition coefficient (Wildman–Crippen LogP) is 6.07. The highest BCUT2D eigenvalue weighted by molar-refractivity contribution is 5.76. The fourth-order valence-electron chi connectivity index (χ4n) is 5.63. The number of hydrogen-bond donors (Lipinski definition) is 1. The van der Waals surface area contributed by atoms with Gasteiger partial charge < -0.3 is 14.8 Å². The SMILES string of the molecule is CC.CCCNCCc1nc2ccccc2n1C1CCN(CC2CCCC(C)C2)CC1. The second-order valence-electron chi connectivity index (χ2n) is 9.56. The lowest BCUT2D eigenvalue weighted by Crippen LogP contribution is -2.39. The van der Waals surface area contributed by atoms with E-state index < -0.39 is 0 Å². The second kappa shape index (κ2) is 12.6. The lowest BCUT2D eigenvalue weighted by Gasteiger charge is -2.37. The van der Waals surface area contributed by atoms with E-state index in [0.29, 0.717) is 6.04 Å². The maximum absolute atomic E-state index is 5.02. The molecule has 31 heavy (non-hydrogen) atoms. The van der Waals surface area contributed by atoms with Gasteiger partial charge in [0.2, 0.25) is 0 Å². The highest BCUT2D eigenvalue weighted by atomic mass is 15.2. The topological polar surface area (TPSA) is 33.1 Å². The number of rotatable bonds is 8. The van der Waals surface area contributed by atoms with Crippen molar-refractivity contribution in [2.24, 2.45) is 11.8 Å². The zero-order valence-electron chi connectivity index (χ0n) is 20.6. The summed E-state index contributed by atoms with van der Waals surface area (Å²) in [5.41, 5.74) is 2.49. The van der Waals surface area contributed by atoms with E-state index in [9.17, 15) is 0 Å². The quantitative estimate of drug-likeness (QED) is 0.520. The Bertz CT molecular complexity index is 760. The van der Waals surface area contributed by atoms with Gasteiger partial charge in [-0.25, -0.2) is 4.98 Å². The largest absolute Gasteiger partial charge is 0.325 e. The van der Waals surface area contributed by atoms with Crippen LogP contribution < -0.4 is 5.32 Å². The predicted molar refractivity (Wildman–Crippen MR) is 134 cm³/mol. The second-order valence-corrected chi connectivity index (χ2v) is 9.56. The van der Waals surface area contributed by atoms with Crippen molar-refractivity contribution in [2.75, 3.05) is 32.7 Å². The molecule has 1 aromatic carbocycles. The molecule has 1 N–H and O–H groups in total. The molecule has 0 amide bonds. The summed E-state index contributed by atoms with van der Waals surface area (Å²) in [5.74, 6) is 3.14. The molecule has 4 rings (SSSR count). The lowest BCUT2D eigenvalue weighted by atomic mass is 9.82. The minimum Gasteiger partial charge on any atom is -0.325 e. The first-order chi connectivity index (χ1) is 15.2. The molecule has 0 spiro atoms. The smallest absolute Gasteiger partial charge is 0.111 e. The van der Waals surface area contributed by atoms with Gasteiger partial charge in [-0.1, -0.05) is 52.7 Å². The number of nitrogens with zero attached hydrogens (tertiary/aromatic N) is 3. The maximum atomic E-state index is 5.02. The first-order valence-electron chi connectivity index (χ1n) is 13.1. The van der Waals surface area contributed by atoms with Crippen molar-refractivity contribution >= 4 is 11.0 Å². The Balaban J connectivity index is 0.00000132. The highest BCUT2D eigenvalue weighted by Gasteiger charge is 2.27. The van der Waals surface area contributed by atoms with Crippen molar-refractivity contribution in [1.29, 1.82) is 0 Å². The van der Waals surface area contributed by atoms with Gasteiger partial charge in [-0.05, 0) is 62.6 Å². The zero-order chi connectivity index (χ0) is 22.1. The molecule has 4 heteroatoms. The van der Waals surface area contributed by atoms with Crippen LogP contribution in [0, 0.1) is 11.8 Å². The summed E-state index contributed by atoms with van der Waals surface area (Å²) in [6.45, 7) is 14.6. The van der Waals surface area contributed by atoms with Crippen LogP contribution in [-0.4, -0.2) is 47.2 Å². The summed E-state index contributed by atoms with van der Waals surface area (Å²) in [7, 11) is 0. The number of piperidine rings is 1. The van der Waals surface area contributed by atoms with Crippen molar-refractivity contribution < 1.29 is 0 Å². The first-order valence-corrected chi connectivity index (χ1v) is 13.1. The summed E-state index contributed by atoms with van der Waals surface area (Å²) in [6, 6.07) is 9.32. The molecule has 1 saturated carbocycles. The molecule has 2 heterocycles.